The maximum absolute atomic E-state index is 12.5. The van der Waals surface area contributed by atoms with Crippen LogP contribution in [0.25, 0.3) is 21.8 Å². The second-order valence-corrected chi connectivity index (χ2v) is 7.55. The molecule has 0 spiro atoms. The molecule has 0 aliphatic rings. The van der Waals surface area contributed by atoms with Crippen LogP contribution in [0.4, 0.5) is 0 Å². The van der Waals surface area contributed by atoms with Crippen LogP contribution in [0.1, 0.15) is 11.3 Å². The summed E-state index contributed by atoms with van der Waals surface area (Å²) in [5.41, 5.74) is 3.76. The Balaban J connectivity index is 1.31. The summed E-state index contributed by atoms with van der Waals surface area (Å²) in [6.07, 6.45) is 1.71. The first-order valence-corrected chi connectivity index (χ1v) is 10.2. The van der Waals surface area contributed by atoms with Gasteiger partial charge in [0.1, 0.15) is 19.0 Å². The molecule has 2 heterocycles. The van der Waals surface area contributed by atoms with Gasteiger partial charge < -0.3 is 19.0 Å². The lowest BCUT2D eigenvalue weighted by molar-refractivity contribution is 0.287. The molecule has 0 bridgehead atoms. The first-order valence-electron chi connectivity index (χ1n) is 10.2. The molecule has 5 heteroatoms. The van der Waals surface area contributed by atoms with Crippen LogP contribution in [-0.2, 0) is 20.3 Å². The zero-order valence-electron chi connectivity index (χ0n) is 17.2. The lowest BCUT2D eigenvalue weighted by atomic mass is 10.1. The van der Waals surface area contributed by atoms with E-state index < -0.39 is 0 Å². The average Bonchev–Trinajstić information content (AvgIpc) is 3.17. The molecule has 0 atom stereocenters. The van der Waals surface area contributed by atoms with E-state index in [1.165, 1.54) is 5.39 Å². The SMILES string of the molecule is Cn1cc(OCc2ccccc2)c(=O)cc1COc1ccc2c(c1)[nH]c1ccccc12. The van der Waals surface area contributed by atoms with Gasteiger partial charge >= 0.3 is 0 Å². The second-order valence-electron chi connectivity index (χ2n) is 7.55. The van der Waals surface area contributed by atoms with Crippen LogP contribution in [0.2, 0.25) is 0 Å². The Hall–Kier alpha value is -3.99. The molecule has 5 rings (SSSR count). The Morgan fingerprint density at radius 1 is 0.806 bits per heavy atom. The molecule has 0 aliphatic carbocycles. The number of H-pyrrole nitrogens is 1. The van der Waals surface area contributed by atoms with Crippen LogP contribution >= 0.6 is 0 Å². The number of para-hydroxylation sites is 1. The minimum atomic E-state index is -0.154. The monoisotopic (exact) mass is 410 g/mol. The Morgan fingerprint density at radius 2 is 1.58 bits per heavy atom. The van der Waals surface area contributed by atoms with Crippen molar-refractivity contribution in [3.8, 4) is 11.5 Å². The van der Waals surface area contributed by atoms with Gasteiger partial charge in [0, 0.05) is 35.5 Å². The number of pyridine rings is 1. The van der Waals surface area contributed by atoms with Gasteiger partial charge in [-0.15, -0.1) is 0 Å². The molecule has 154 valence electrons. The fraction of sp³-hybridized carbons (Fsp3) is 0.115. The summed E-state index contributed by atoms with van der Waals surface area (Å²) in [5, 5.41) is 2.35. The van der Waals surface area contributed by atoms with E-state index >= 15 is 0 Å². The van der Waals surface area contributed by atoms with E-state index in [2.05, 4.69) is 23.2 Å². The molecular weight excluding hydrogens is 388 g/mol. The smallest absolute Gasteiger partial charge is 0.223 e. The van der Waals surface area contributed by atoms with Gasteiger partial charge in [0.05, 0.1) is 17.4 Å². The number of rotatable bonds is 6. The van der Waals surface area contributed by atoms with Crippen molar-refractivity contribution in [2.45, 2.75) is 13.2 Å². The Labute approximate surface area is 179 Å². The topological polar surface area (TPSA) is 56.2 Å². The first-order chi connectivity index (χ1) is 15.2. The third kappa shape index (κ3) is 3.90. The van der Waals surface area contributed by atoms with Crippen molar-refractivity contribution in [2.75, 3.05) is 0 Å². The summed E-state index contributed by atoms with van der Waals surface area (Å²) in [7, 11) is 1.88. The van der Waals surface area contributed by atoms with Crippen molar-refractivity contribution < 1.29 is 9.47 Å². The molecule has 0 fully saturated rings. The second kappa shape index (κ2) is 8.03. The molecule has 0 aliphatic heterocycles. The molecule has 0 saturated carbocycles. The third-order valence-electron chi connectivity index (χ3n) is 5.41. The number of aryl methyl sites for hydroxylation is 1. The molecule has 2 aromatic heterocycles. The lowest BCUT2D eigenvalue weighted by Crippen LogP contribution is -2.15. The van der Waals surface area contributed by atoms with E-state index in [0.29, 0.717) is 12.4 Å². The summed E-state index contributed by atoms with van der Waals surface area (Å²) < 4.78 is 13.6. The minimum absolute atomic E-state index is 0.154. The van der Waals surface area contributed by atoms with E-state index in [-0.39, 0.29) is 12.0 Å². The number of hydrogen-bond donors (Lipinski definition) is 1. The highest BCUT2D eigenvalue weighted by atomic mass is 16.5. The lowest BCUT2D eigenvalue weighted by Gasteiger charge is -2.13. The van der Waals surface area contributed by atoms with E-state index in [1.54, 1.807) is 12.3 Å². The van der Waals surface area contributed by atoms with Gasteiger partial charge in [-0.1, -0.05) is 48.5 Å². The Bertz CT molecular complexity index is 1420. The van der Waals surface area contributed by atoms with Gasteiger partial charge in [-0.3, -0.25) is 4.79 Å². The fourth-order valence-corrected chi connectivity index (χ4v) is 3.71. The summed E-state index contributed by atoms with van der Waals surface area (Å²) in [4.78, 5) is 15.9. The van der Waals surface area contributed by atoms with Gasteiger partial charge in [-0.2, -0.15) is 0 Å². The molecule has 0 saturated heterocycles. The van der Waals surface area contributed by atoms with Crippen LogP contribution in [-0.4, -0.2) is 9.55 Å². The van der Waals surface area contributed by atoms with Crippen molar-refractivity contribution in [3.05, 3.63) is 107 Å². The summed E-state index contributed by atoms with van der Waals surface area (Å²) >= 11 is 0. The first kappa shape index (κ1) is 19.0. The van der Waals surface area contributed by atoms with Gasteiger partial charge in [0.2, 0.25) is 5.43 Å². The van der Waals surface area contributed by atoms with Crippen molar-refractivity contribution in [2.24, 2.45) is 7.05 Å². The van der Waals surface area contributed by atoms with Gasteiger partial charge in [0.15, 0.2) is 5.75 Å². The Kier molecular flexibility index (Phi) is 4.92. The number of benzene rings is 3. The predicted molar refractivity (Wildman–Crippen MR) is 123 cm³/mol. The Morgan fingerprint density at radius 3 is 2.45 bits per heavy atom. The van der Waals surface area contributed by atoms with E-state index in [9.17, 15) is 4.79 Å². The van der Waals surface area contributed by atoms with Crippen LogP contribution in [0.3, 0.4) is 0 Å². The number of aromatic nitrogens is 2. The maximum Gasteiger partial charge on any atom is 0.223 e. The van der Waals surface area contributed by atoms with E-state index in [0.717, 1.165) is 33.4 Å². The number of hydrogen-bond acceptors (Lipinski definition) is 3. The van der Waals surface area contributed by atoms with Gasteiger partial charge in [0.25, 0.3) is 0 Å². The number of nitrogens with one attached hydrogen (secondary N) is 1. The molecule has 1 N–H and O–H groups in total. The standard InChI is InChI=1S/C26H22N2O3/c1-28-15-26(31-16-18-7-3-2-4-8-18)25(29)13-19(28)17-30-20-11-12-22-21-9-5-6-10-23(21)27-24(22)14-20/h2-15,27H,16-17H2,1H3. The maximum atomic E-state index is 12.5. The largest absolute Gasteiger partial charge is 0.487 e. The minimum Gasteiger partial charge on any atom is -0.487 e. The quantitative estimate of drug-likeness (QED) is 0.420. The molecule has 5 nitrogen and oxygen atoms in total. The molecule has 0 unspecified atom stereocenters. The van der Waals surface area contributed by atoms with Crippen LogP contribution in [0, 0.1) is 0 Å². The van der Waals surface area contributed by atoms with E-state index in [1.807, 2.05) is 66.2 Å². The van der Waals surface area contributed by atoms with Crippen LogP contribution in [0.15, 0.2) is 89.9 Å². The molecule has 31 heavy (non-hydrogen) atoms. The molecule has 3 aromatic carbocycles. The number of ether oxygens (including phenoxy) is 2. The van der Waals surface area contributed by atoms with Gasteiger partial charge in [-0.05, 0) is 23.8 Å². The zero-order valence-corrected chi connectivity index (χ0v) is 17.2. The number of aromatic amines is 1. The highest BCUT2D eigenvalue weighted by molar-refractivity contribution is 6.07. The molecular formula is C26H22N2O3. The highest BCUT2D eigenvalue weighted by Crippen LogP contribution is 2.28. The van der Waals surface area contributed by atoms with Crippen molar-refractivity contribution >= 4 is 21.8 Å². The summed E-state index contributed by atoms with van der Waals surface area (Å²) in [6.45, 7) is 0.646. The third-order valence-corrected chi connectivity index (χ3v) is 5.41. The number of nitrogens with zero attached hydrogens (tertiary/aromatic N) is 1. The summed E-state index contributed by atoms with van der Waals surface area (Å²) in [6, 6.07) is 25.6. The van der Waals surface area contributed by atoms with Crippen molar-refractivity contribution in [1.29, 1.82) is 0 Å². The fourth-order valence-electron chi connectivity index (χ4n) is 3.71. The molecule has 0 radical (unpaired) electrons. The van der Waals surface area contributed by atoms with Crippen molar-refractivity contribution in [1.82, 2.24) is 9.55 Å². The number of fused-ring (bicyclic) bond motifs is 3. The van der Waals surface area contributed by atoms with Crippen molar-refractivity contribution in [3.63, 3.8) is 0 Å². The average molecular weight is 410 g/mol. The molecule has 0 amide bonds. The van der Waals surface area contributed by atoms with Gasteiger partial charge in [-0.25, -0.2) is 0 Å². The normalized spacial score (nSPS) is 11.1. The molecule has 5 aromatic rings. The zero-order chi connectivity index (χ0) is 21.2. The van der Waals surface area contributed by atoms with E-state index in [4.69, 9.17) is 9.47 Å². The summed E-state index contributed by atoms with van der Waals surface area (Å²) in [5.74, 6) is 1.07. The highest BCUT2D eigenvalue weighted by Gasteiger charge is 2.09. The predicted octanol–water partition coefficient (Wildman–Crippen LogP) is 5.18. The van der Waals surface area contributed by atoms with Crippen LogP contribution < -0.4 is 14.9 Å². The van der Waals surface area contributed by atoms with Crippen LogP contribution in [0.5, 0.6) is 11.5 Å².